The van der Waals surface area contributed by atoms with Gasteiger partial charge in [-0.15, -0.1) is 0 Å². The quantitative estimate of drug-likeness (QED) is 0.164. The summed E-state index contributed by atoms with van der Waals surface area (Å²) >= 11 is 0. The summed E-state index contributed by atoms with van der Waals surface area (Å²) in [4.78, 5) is 4.82. The van der Waals surface area contributed by atoms with Crippen LogP contribution in [0.2, 0.25) is 0 Å². The normalized spacial score (nSPS) is 13.3. The number of rotatable bonds is 6. The van der Waals surface area contributed by atoms with Crippen molar-refractivity contribution in [2.45, 2.75) is 71.6 Å². The summed E-state index contributed by atoms with van der Waals surface area (Å²) in [7, 11) is 0. The Morgan fingerprint density at radius 1 is 0.333 bits per heavy atom. The number of aryl methyl sites for hydroxylation is 2. The van der Waals surface area contributed by atoms with Crippen LogP contribution in [0.1, 0.15) is 86.1 Å². The summed E-state index contributed by atoms with van der Waals surface area (Å²) in [5.74, 6) is 0. The lowest BCUT2D eigenvalue weighted by Crippen LogP contribution is -2.27. The molecule has 1 spiro atoms. The van der Waals surface area contributed by atoms with Gasteiger partial charge in [0, 0.05) is 34.1 Å². The van der Waals surface area contributed by atoms with E-state index in [1.807, 2.05) is 0 Å². The van der Waals surface area contributed by atoms with E-state index in [0.29, 0.717) is 0 Å². The lowest BCUT2D eigenvalue weighted by molar-refractivity contribution is 0.589. The highest BCUT2D eigenvalue weighted by Crippen LogP contribution is 2.66. The first-order chi connectivity index (χ1) is 33.3. The maximum atomic E-state index is 2.53. The molecular formula is C67H58N2. The van der Waals surface area contributed by atoms with E-state index in [0.717, 1.165) is 22.7 Å². The Labute approximate surface area is 408 Å². The molecular weight excluding hydrogens is 833 g/mol. The predicted molar refractivity (Wildman–Crippen MR) is 294 cm³/mol. The van der Waals surface area contributed by atoms with Crippen molar-refractivity contribution in [1.82, 2.24) is 0 Å². The van der Waals surface area contributed by atoms with Crippen LogP contribution < -0.4 is 9.80 Å². The fourth-order valence-corrected chi connectivity index (χ4v) is 11.7. The second-order valence-electron chi connectivity index (χ2n) is 21.5. The lowest BCUT2D eigenvalue weighted by Gasteiger charge is -2.34. The van der Waals surface area contributed by atoms with Crippen LogP contribution in [0.25, 0.3) is 43.8 Å². The topological polar surface area (TPSA) is 6.48 Å². The van der Waals surface area contributed by atoms with Crippen molar-refractivity contribution in [2.24, 2.45) is 0 Å². The molecule has 0 radical (unpaired) electrons. The Bertz CT molecular complexity index is 3420. The zero-order valence-corrected chi connectivity index (χ0v) is 41.0. The number of anilines is 6. The van der Waals surface area contributed by atoms with Gasteiger partial charge in [-0.1, -0.05) is 187 Å². The molecule has 2 nitrogen and oxygen atoms in total. The summed E-state index contributed by atoms with van der Waals surface area (Å²) in [5, 5.41) is 5.01. The minimum Gasteiger partial charge on any atom is -0.310 e. The Balaban J connectivity index is 1.16. The Morgan fingerprint density at radius 3 is 1.12 bits per heavy atom. The second kappa shape index (κ2) is 15.7. The highest BCUT2D eigenvalue weighted by molar-refractivity contribution is 6.10. The molecule has 10 aromatic carbocycles. The van der Waals surface area contributed by atoms with Gasteiger partial charge < -0.3 is 9.80 Å². The molecule has 0 amide bonds. The van der Waals surface area contributed by atoms with E-state index in [4.69, 9.17) is 0 Å². The Kier molecular flexibility index (Phi) is 9.70. The molecule has 69 heavy (non-hydrogen) atoms. The van der Waals surface area contributed by atoms with Crippen molar-refractivity contribution in [1.29, 1.82) is 0 Å². The fraction of sp³-hybridized carbons (Fsp3) is 0.164. The first kappa shape index (κ1) is 42.7. The van der Waals surface area contributed by atoms with Gasteiger partial charge in [-0.2, -0.15) is 0 Å². The minimum atomic E-state index is -0.589. The zero-order chi connectivity index (χ0) is 47.4. The first-order valence-corrected chi connectivity index (χ1v) is 24.6. The molecule has 0 saturated carbocycles. The molecule has 0 heterocycles. The lowest BCUT2D eigenvalue weighted by atomic mass is 9.68. The van der Waals surface area contributed by atoms with Crippen LogP contribution >= 0.6 is 0 Å². The van der Waals surface area contributed by atoms with Gasteiger partial charge in [-0.25, -0.2) is 0 Å². The van der Waals surface area contributed by atoms with Gasteiger partial charge in [0.25, 0.3) is 0 Å². The van der Waals surface area contributed by atoms with Crippen LogP contribution in [0, 0.1) is 13.8 Å². The van der Waals surface area contributed by atoms with Crippen molar-refractivity contribution in [3.63, 3.8) is 0 Å². The molecule has 0 fully saturated rings. The third-order valence-corrected chi connectivity index (χ3v) is 15.2. The van der Waals surface area contributed by atoms with E-state index in [2.05, 4.69) is 271 Å². The van der Waals surface area contributed by atoms with E-state index in [1.165, 1.54) is 99.7 Å². The Hall–Kier alpha value is -7.68. The number of benzene rings is 10. The molecule has 0 N–H and O–H groups in total. The second-order valence-corrected chi connectivity index (χ2v) is 21.5. The van der Waals surface area contributed by atoms with Crippen molar-refractivity contribution < 1.29 is 0 Å². The monoisotopic (exact) mass is 890 g/mol. The molecule has 10 aromatic rings. The summed E-state index contributed by atoms with van der Waals surface area (Å²) in [5.41, 5.74) is 22.2. The molecule has 0 bridgehead atoms. The first-order valence-electron chi connectivity index (χ1n) is 24.6. The summed E-state index contributed by atoms with van der Waals surface area (Å²) in [6.07, 6.45) is 0. The fourth-order valence-electron chi connectivity index (χ4n) is 11.7. The van der Waals surface area contributed by atoms with E-state index in [1.54, 1.807) is 0 Å². The summed E-state index contributed by atoms with van der Waals surface area (Å²) < 4.78 is 0. The van der Waals surface area contributed by atoms with Crippen molar-refractivity contribution in [3.05, 3.63) is 251 Å². The van der Waals surface area contributed by atoms with Crippen molar-refractivity contribution in [2.75, 3.05) is 9.80 Å². The maximum absolute atomic E-state index is 2.53. The van der Waals surface area contributed by atoms with Crippen molar-refractivity contribution >= 4 is 55.7 Å². The van der Waals surface area contributed by atoms with Crippen LogP contribution in [0.5, 0.6) is 0 Å². The van der Waals surface area contributed by atoms with Crippen LogP contribution in [0.15, 0.2) is 206 Å². The van der Waals surface area contributed by atoms with Crippen molar-refractivity contribution in [3.8, 4) is 22.3 Å². The molecule has 0 aromatic heterocycles. The van der Waals surface area contributed by atoms with E-state index >= 15 is 0 Å². The summed E-state index contributed by atoms with van der Waals surface area (Å²) in [6, 6.07) is 77.9. The molecule has 0 aliphatic heterocycles. The molecule has 336 valence electrons. The van der Waals surface area contributed by atoms with E-state index in [9.17, 15) is 0 Å². The van der Waals surface area contributed by atoms with E-state index in [-0.39, 0.29) is 10.8 Å². The molecule has 12 rings (SSSR count). The zero-order valence-electron chi connectivity index (χ0n) is 41.0. The van der Waals surface area contributed by atoms with Gasteiger partial charge in [-0.3, -0.25) is 0 Å². The molecule has 2 aliphatic carbocycles. The van der Waals surface area contributed by atoms with Crippen LogP contribution in [0.4, 0.5) is 34.1 Å². The van der Waals surface area contributed by atoms with Gasteiger partial charge in [0.1, 0.15) is 0 Å². The number of nitrogens with zero attached hydrogens (tertiary/aromatic N) is 2. The number of fused-ring (bicyclic) bond motifs is 14. The Morgan fingerprint density at radius 2 is 0.725 bits per heavy atom. The number of para-hydroxylation sites is 4. The number of hydrogen-bond donors (Lipinski definition) is 0. The molecule has 0 unspecified atom stereocenters. The van der Waals surface area contributed by atoms with Gasteiger partial charge in [-0.05, 0) is 174 Å². The standard InChI is InChI=1S/C67H58N2/c1-43-19-15-17-25-61(43)68(49-21-11-9-12-22-49)51-31-35-53-45(39-51)27-33-55-56-34-28-46-40-52(69(50-23-13-10-14-24-50)62-26-18-16-20-44(62)2)32-36-54(46)64(56)67(63(53)55)59-37-29-47(65(3,4)5)41-57(59)58-42-48(66(6,7)8)30-38-60(58)67/h9-42H,1-8H3. The highest BCUT2D eigenvalue weighted by Gasteiger charge is 2.53. The molecule has 0 saturated heterocycles. The highest BCUT2D eigenvalue weighted by atomic mass is 15.1. The van der Waals surface area contributed by atoms with Gasteiger partial charge in [0.2, 0.25) is 0 Å². The van der Waals surface area contributed by atoms with E-state index < -0.39 is 5.41 Å². The molecule has 2 heteroatoms. The average Bonchev–Trinajstić information content (AvgIpc) is 3.82. The molecule has 2 aliphatic rings. The summed E-state index contributed by atoms with van der Waals surface area (Å²) in [6.45, 7) is 18.5. The van der Waals surface area contributed by atoms with Gasteiger partial charge in [0.05, 0.1) is 5.41 Å². The largest absolute Gasteiger partial charge is 0.310 e. The van der Waals surface area contributed by atoms with Gasteiger partial charge in [0.15, 0.2) is 0 Å². The minimum absolute atomic E-state index is 0.0201. The third-order valence-electron chi connectivity index (χ3n) is 15.2. The van der Waals surface area contributed by atoms with Gasteiger partial charge >= 0.3 is 0 Å². The van der Waals surface area contributed by atoms with Crippen LogP contribution in [0.3, 0.4) is 0 Å². The smallest absolute Gasteiger partial charge is 0.0737 e. The van der Waals surface area contributed by atoms with Crippen LogP contribution in [-0.2, 0) is 16.2 Å². The number of hydrogen-bond acceptors (Lipinski definition) is 2. The maximum Gasteiger partial charge on any atom is 0.0737 e. The third kappa shape index (κ3) is 6.60. The van der Waals surface area contributed by atoms with Crippen LogP contribution in [-0.4, -0.2) is 0 Å². The predicted octanol–water partition coefficient (Wildman–Crippen LogP) is 18.5. The SMILES string of the molecule is Cc1ccccc1N(c1ccccc1)c1ccc2c3c(ccc2c1)-c1ccc2cc(N(c4ccccc4)c4ccccc4C)ccc2c1C31c2ccc(C(C)(C)C)cc2-c2cc(C(C)(C)C)ccc21. The average molecular weight is 891 g/mol. The molecule has 0 atom stereocenters.